The van der Waals surface area contributed by atoms with E-state index >= 15 is 0 Å². The van der Waals surface area contributed by atoms with Gasteiger partial charge in [0.25, 0.3) is 0 Å². The first-order valence-corrected chi connectivity index (χ1v) is 7.64. The van der Waals surface area contributed by atoms with Crippen molar-refractivity contribution >= 4 is 27.3 Å². The molecule has 1 aromatic carbocycles. The molecule has 0 aliphatic rings. The Labute approximate surface area is 122 Å². The number of sulfonamides is 1. The zero-order valence-electron chi connectivity index (χ0n) is 11.0. The number of hydrogen-bond donors (Lipinski definition) is 2. The van der Waals surface area contributed by atoms with E-state index in [4.69, 9.17) is 21.9 Å². The van der Waals surface area contributed by atoms with Crippen LogP contribution in [0.3, 0.4) is 0 Å². The first kappa shape index (κ1) is 14.8. The summed E-state index contributed by atoms with van der Waals surface area (Å²) in [4.78, 5) is -0.00587. The van der Waals surface area contributed by atoms with Gasteiger partial charge in [-0.3, -0.25) is 0 Å². The van der Waals surface area contributed by atoms with Crippen LogP contribution in [0.25, 0.3) is 0 Å². The minimum absolute atomic E-state index is 0.00587. The summed E-state index contributed by atoms with van der Waals surface area (Å²) in [5.41, 5.74) is 7.14. The molecule has 3 N–H and O–H groups in total. The fourth-order valence-electron chi connectivity index (χ4n) is 1.76. The number of nitrogens with zero attached hydrogens (tertiary/aromatic N) is 1. The summed E-state index contributed by atoms with van der Waals surface area (Å²) in [6, 6.07) is 4.24. The Morgan fingerprint density at radius 3 is 2.65 bits per heavy atom. The SMILES string of the molecule is Cc1noc(C)c1CNS(=O)(=O)c1ccc(Cl)cc1N. The van der Waals surface area contributed by atoms with Gasteiger partial charge in [-0.15, -0.1) is 0 Å². The lowest BCUT2D eigenvalue weighted by Gasteiger charge is -2.09. The van der Waals surface area contributed by atoms with E-state index in [0.29, 0.717) is 22.0 Å². The molecule has 8 heteroatoms. The van der Waals surface area contributed by atoms with Gasteiger partial charge in [-0.25, -0.2) is 13.1 Å². The number of hydrogen-bond acceptors (Lipinski definition) is 5. The second-order valence-corrected chi connectivity index (χ2v) is 6.48. The van der Waals surface area contributed by atoms with Crippen molar-refractivity contribution in [2.45, 2.75) is 25.3 Å². The van der Waals surface area contributed by atoms with E-state index in [1.165, 1.54) is 18.2 Å². The fourth-order valence-corrected chi connectivity index (χ4v) is 3.05. The van der Waals surface area contributed by atoms with Gasteiger partial charge in [0.1, 0.15) is 10.7 Å². The van der Waals surface area contributed by atoms with Crippen molar-refractivity contribution in [2.75, 3.05) is 5.73 Å². The van der Waals surface area contributed by atoms with Crippen molar-refractivity contribution in [1.29, 1.82) is 0 Å². The minimum Gasteiger partial charge on any atom is -0.398 e. The van der Waals surface area contributed by atoms with Crippen LogP contribution in [0, 0.1) is 13.8 Å². The molecule has 108 valence electrons. The Hall–Kier alpha value is -1.57. The van der Waals surface area contributed by atoms with Gasteiger partial charge in [-0.1, -0.05) is 16.8 Å². The van der Waals surface area contributed by atoms with E-state index in [-0.39, 0.29) is 17.1 Å². The lowest BCUT2D eigenvalue weighted by Crippen LogP contribution is -2.24. The standard InChI is InChI=1S/C12H14ClN3O3S/c1-7-10(8(2)19-16-7)6-15-20(17,18)12-4-3-9(13)5-11(12)14/h3-5,15H,6,14H2,1-2H3. The largest absolute Gasteiger partial charge is 0.398 e. The molecule has 0 fully saturated rings. The third-order valence-corrected chi connectivity index (χ3v) is 4.59. The van der Waals surface area contributed by atoms with E-state index in [1.807, 2.05) is 0 Å². The summed E-state index contributed by atoms with van der Waals surface area (Å²) in [6.07, 6.45) is 0. The molecular formula is C12H14ClN3O3S. The molecule has 0 saturated heterocycles. The Morgan fingerprint density at radius 2 is 2.10 bits per heavy atom. The van der Waals surface area contributed by atoms with Crippen molar-refractivity contribution in [3.63, 3.8) is 0 Å². The van der Waals surface area contributed by atoms with Gasteiger partial charge in [-0.2, -0.15) is 0 Å². The number of aromatic nitrogens is 1. The van der Waals surface area contributed by atoms with Crippen LogP contribution >= 0.6 is 11.6 Å². The third-order valence-electron chi connectivity index (χ3n) is 2.88. The highest BCUT2D eigenvalue weighted by molar-refractivity contribution is 7.89. The quantitative estimate of drug-likeness (QED) is 0.841. The highest BCUT2D eigenvalue weighted by Gasteiger charge is 2.19. The summed E-state index contributed by atoms with van der Waals surface area (Å²) in [5.74, 6) is 0.578. The molecule has 6 nitrogen and oxygen atoms in total. The van der Waals surface area contributed by atoms with E-state index < -0.39 is 10.0 Å². The second-order valence-electron chi connectivity index (χ2n) is 4.31. The minimum atomic E-state index is -3.72. The molecule has 0 saturated carbocycles. The molecular weight excluding hydrogens is 302 g/mol. The first-order chi connectivity index (χ1) is 9.31. The Balaban J connectivity index is 2.24. The van der Waals surface area contributed by atoms with E-state index in [9.17, 15) is 8.42 Å². The Kier molecular flexibility index (Phi) is 4.03. The van der Waals surface area contributed by atoms with Crippen molar-refractivity contribution in [2.24, 2.45) is 0 Å². The number of nitrogens with one attached hydrogen (secondary N) is 1. The average molecular weight is 316 g/mol. The van der Waals surface area contributed by atoms with Gasteiger partial charge >= 0.3 is 0 Å². The van der Waals surface area contributed by atoms with Crippen molar-refractivity contribution in [1.82, 2.24) is 9.88 Å². The maximum absolute atomic E-state index is 12.2. The predicted molar refractivity (Wildman–Crippen MR) is 75.9 cm³/mol. The summed E-state index contributed by atoms with van der Waals surface area (Å²) in [6.45, 7) is 3.56. The number of benzene rings is 1. The molecule has 0 unspecified atom stereocenters. The van der Waals surface area contributed by atoms with Crippen LogP contribution in [0.2, 0.25) is 5.02 Å². The lowest BCUT2D eigenvalue weighted by molar-refractivity contribution is 0.392. The summed E-state index contributed by atoms with van der Waals surface area (Å²) in [7, 11) is -3.72. The summed E-state index contributed by atoms with van der Waals surface area (Å²) < 4.78 is 31.8. The van der Waals surface area contributed by atoms with Gasteiger partial charge in [0.15, 0.2) is 0 Å². The normalized spacial score (nSPS) is 11.8. The highest BCUT2D eigenvalue weighted by atomic mass is 35.5. The van der Waals surface area contributed by atoms with Crippen LogP contribution in [0.5, 0.6) is 0 Å². The second kappa shape index (κ2) is 5.43. The molecule has 0 radical (unpaired) electrons. The predicted octanol–water partition coefficient (Wildman–Crippen LogP) is 2.01. The molecule has 1 heterocycles. The molecule has 0 aliphatic carbocycles. The topological polar surface area (TPSA) is 98.2 Å². The zero-order valence-corrected chi connectivity index (χ0v) is 12.5. The van der Waals surface area contributed by atoms with Crippen LogP contribution in [0.1, 0.15) is 17.0 Å². The molecule has 0 aliphatic heterocycles. The maximum atomic E-state index is 12.2. The van der Waals surface area contributed by atoms with Gasteiger partial charge in [0, 0.05) is 17.1 Å². The van der Waals surface area contributed by atoms with Crippen molar-refractivity contribution in [3.05, 3.63) is 40.2 Å². The first-order valence-electron chi connectivity index (χ1n) is 5.77. The fraction of sp³-hybridized carbons (Fsp3) is 0.250. The molecule has 0 bridgehead atoms. The molecule has 0 atom stereocenters. The Morgan fingerprint density at radius 1 is 1.40 bits per heavy atom. The van der Waals surface area contributed by atoms with Gasteiger partial charge < -0.3 is 10.3 Å². The Bertz CT molecular complexity index is 721. The van der Waals surface area contributed by atoms with Crippen LogP contribution < -0.4 is 10.5 Å². The summed E-state index contributed by atoms with van der Waals surface area (Å²) in [5, 5.41) is 4.15. The van der Waals surface area contributed by atoms with Crippen LogP contribution in [0.15, 0.2) is 27.6 Å². The van der Waals surface area contributed by atoms with E-state index in [1.54, 1.807) is 13.8 Å². The lowest BCUT2D eigenvalue weighted by atomic mass is 10.2. The zero-order chi connectivity index (χ0) is 14.9. The van der Waals surface area contributed by atoms with Crippen molar-refractivity contribution < 1.29 is 12.9 Å². The van der Waals surface area contributed by atoms with Crippen molar-refractivity contribution in [3.8, 4) is 0 Å². The molecule has 1 aromatic heterocycles. The number of anilines is 1. The highest BCUT2D eigenvalue weighted by Crippen LogP contribution is 2.22. The number of aryl methyl sites for hydroxylation is 2. The molecule has 2 rings (SSSR count). The molecule has 0 amide bonds. The number of nitrogens with two attached hydrogens (primary N) is 1. The molecule has 0 spiro atoms. The van der Waals surface area contributed by atoms with Crippen LogP contribution in [-0.4, -0.2) is 13.6 Å². The monoisotopic (exact) mass is 315 g/mol. The smallest absolute Gasteiger partial charge is 0.242 e. The number of rotatable bonds is 4. The average Bonchev–Trinajstić information content (AvgIpc) is 2.66. The summed E-state index contributed by atoms with van der Waals surface area (Å²) >= 11 is 5.75. The molecule has 2 aromatic rings. The van der Waals surface area contributed by atoms with Gasteiger partial charge in [-0.05, 0) is 32.0 Å². The van der Waals surface area contributed by atoms with Crippen LogP contribution in [-0.2, 0) is 16.6 Å². The maximum Gasteiger partial charge on any atom is 0.242 e. The molecule has 20 heavy (non-hydrogen) atoms. The number of nitrogen functional groups attached to an aromatic ring is 1. The van der Waals surface area contributed by atoms with E-state index in [0.717, 1.165) is 0 Å². The van der Waals surface area contributed by atoms with Gasteiger partial charge in [0.2, 0.25) is 10.0 Å². The van der Waals surface area contributed by atoms with Crippen LogP contribution in [0.4, 0.5) is 5.69 Å². The number of halogens is 1. The third kappa shape index (κ3) is 2.95. The van der Waals surface area contributed by atoms with Gasteiger partial charge in [0.05, 0.1) is 11.4 Å². The van der Waals surface area contributed by atoms with E-state index in [2.05, 4.69) is 9.88 Å².